The van der Waals surface area contributed by atoms with Gasteiger partial charge in [0, 0.05) is 12.6 Å². The Hall–Kier alpha value is -2.69. The molecule has 0 bridgehead atoms. The smallest absolute Gasteiger partial charge is 0.244 e. The van der Waals surface area contributed by atoms with E-state index in [0.717, 1.165) is 15.8 Å². The third-order valence-electron chi connectivity index (χ3n) is 5.32. The van der Waals surface area contributed by atoms with Gasteiger partial charge in [0.05, 0.1) is 29.3 Å². The van der Waals surface area contributed by atoms with Gasteiger partial charge in [-0.05, 0) is 43.5 Å². The Bertz CT molecular complexity index is 1240. The molecule has 0 spiro atoms. The highest BCUT2D eigenvalue weighted by molar-refractivity contribution is 7.89. The molecule has 1 aromatic heterocycles. The molecule has 0 saturated carbocycles. The number of anilines is 1. The van der Waals surface area contributed by atoms with Gasteiger partial charge in [0.1, 0.15) is 6.04 Å². The number of amides is 1. The largest absolute Gasteiger partial charge is 0.493 e. The number of fused-ring (bicyclic) bond motifs is 1. The Balaban J connectivity index is 1.59. The molecular formula is C21H23N3O5S2. The number of rotatable bonds is 6. The summed E-state index contributed by atoms with van der Waals surface area (Å²) in [6.07, 6.45) is 1.05. The molecule has 0 radical (unpaired) electrons. The Morgan fingerprint density at radius 1 is 1.19 bits per heavy atom. The summed E-state index contributed by atoms with van der Waals surface area (Å²) in [7, 11) is -0.967. The van der Waals surface area contributed by atoms with Crippen molar-refractivity contribution in [1.29, 1.82) is 0 Å². The lowest BCUT2D eigenvalue weighted by Gasteiger charge is -2.23. The van der Waals surface area contributed by atoms with Gasteiger partial charge in [-0.15, -0.1) is 0 Å². The highest BCUT2D eigenvalue weighted by Gasteiger charge is 2.40. The van der Waals surface area contributed by atoms with E-state index in [2.05, 4.69) is 10.3 Å². The number of carbonyl (C=O) groups excluding carboxylic acids is 1. The van der Waals surface area contributed by atoms with E-state index >= 15 is 0 Å². The molecule has 0 aliphatic carbocycles. The molecule has 164 valence electrons. The van der Waals surface area contributed by atoms with Crippen LogP contribution in [0.5, 0.6) is 11.5 Å². The molecule has 4 rings (SSSR count). The molecule has 1 aliphatic heterocycles. The maximum absolute atomic E-state index is 13.3. The minimum absolute atomic E-state index is 0.0560. The van der Waals surface area contributed by atoms with E-state index in [9.17, 15) is 13.2 Å². The topological polar surface area (TPSA) is 97.8 Å². The summed E-state index contributed by atoms with van der Waals surface area (Å²) < 4.78 is 39.2. The van der Waals surface area contributed by atoms with Gasteiger partial charge in [0.2, 0.25) is 15.9 Å². The van der Waals surface area contributed by atoms with E-state index in [0.29, 0.717) is 29.5 Å². The lowest BCUT2D eigenvalue weighted by molar-refractivity contribution is -0.119. The van der Waals surface area contributed by atoms with Gasteiger partial charge >= 0.3 is 0 Å². The van der Waals surface area contributed by atoms with Crippen LogP contribution in [-0.2, 0) is 14.8 Å². The highest BCUT2D eigenvalue weighted by atomic mass is 32.2. The van der Waals surface area contributed by atoms with E-state index in [1.54, 1.807) is 6.07 Å². The van der Waals surface area contributed by atoms with Crippen LogP contribution < -0.4 is 14.8 Å². The summed E-state index contributed by atoms with van der Waals surface area (Å²) in [5.74, 6) is 0.371. The normalized spacial score (nSPS) is 17.1. The molecule has 1 saturated heterocycles. The second-order valence-electron chi connectivity index (χ2n) is 7.22. The summed E-state index contributed by atoms with van der Waals surface area (Å²) in [6.45, 7) is 2.23. The molecule has 1 unspecified atom stereocenters. The first-order valence-corrected chi connectivity index (χ1v) is 12.0. The van der Waals surface area contributed by atoms with Crippen LogP contribution in [0.3, 0.4) is 0 Å². The van der Waals surface area contributed by atoms with Gasteiger partial charge in [0.15, 0.2) is 16.6 Å². The number of aryl methyl sites for hydroxylation is 1. The minimum Gasteiger partial charge on any atom is -0.493 e. The predicted octanol–water partition coefficient (Wildman–Crippen LogP) is 3.41. The highest BCUT2D eigenvalue weighted by Crippen LogP contribution is 2.34. The fraction of sp³-hybridized carbons (Fsp3) is 0.333. The van der Waals surface area contributed by atoms with E-state index < -0.39 is 16.1 Å². The van der Waals surface area contributed by atoms with Crippen LogP contribution in [0.4, 0.5) is 5.13 Å². The zero-order valence-electron chi connectivity index (χ0n) is 17.4. The predicted molar refractivity (Wildman–Crippen MR) is 119 cm³/mol. The van der Waals surface area contributed by atoms with Crippen LogP contribution >= 0.6 is 11.3 Å². The first-order valence-electron chi connectivity index (χ1n) is 9.76. The fourth-order valence-corrected chi connectivity index (χ4v) is 6.35. The quantitative estimate of drug-likeness (QED) is 0.604. The molecule has 8 nitrogen and oxygen atoms in total. The maximum Gasteiger partial charge on any atom is 0.244 e. The van der Waals surface area contributed by atoms with Gasteiger partial charge in [-0.1, -0.05) is 23.5 Å². The van der Waals surface area contributed by atoms with Crippen molar-refractivity contribution < 1.29 is 22.7 Å². The number of carbonyl (C=O) groups is 1. The standard InChI is InChI=1S/C21H23N3O5S2/c1-13-6-4-8-18-19(13)22-21(30-18)23-20(25)15-7-5-11-24(15)31(26,27)14-9-10-16(28-2)17(12-14)29-3/h4,6,8-10,12,15H,5,7,11H2,1-3H3,(H,22,23,25). The van der Waals surface area contributed by atoms with Gasteiger partial charge in [-0.3, -0.25) is 4.79 Å². The average molecular weight is 462 g/mol. The zero-order chi connectivity index (χ0) is 22.2. The third-order valence-corrected chi connectivity index (χ3v) is 8.16. The molecule has 1 atom stereocenters. The Morgan fingerprint density at radius 3 is 2.68 bits per heavy atom. The van der Waals surface area contributed by atoms with Crippen LogP contribution in [0.1, 0.15) is 18.4 Å². The fourth-order valence-electron chi connectivity index (χ4n) is 3.73. The number of sulfonamides is 1. The van der Waals surface area contributed by atoms with Crippen molar-refractivity contribution in [2.75, 3.05) is 26.1 Å². The van der Waals surface area contributed by atoms with Gasteiger partial charge < -0.3 is 14.8 Å². The molecular weight excluding hydrogens is 438 g/mol. The van der Waals surface area contributed by atoms with Crippen LogP contribution in [0, 0.1) is 6.92 Å². The maximum atomic E-state index is 13.3. The van der Waals surface area contributed by atoms with Gasteiger partial charge in [-0.25, -0.2) is 13.4 Å². The molecule has 1 N–H and O–H groups in total. The molecule has 2 heterocycles. The van der Waals surface area contributed by atoms with Gasteiger partial charge in [0.25, 0.3) is 0 Å². The average Bonchev–Trinajstić information content (AvgIpc) is 3.41. The van der Waals surface area contributed by atoms with E-state index in [4.69, 9.17) is 9.47 Å². The second kappa shape index (κ2) is 8.45. The SMILES string of the molecule is COc1ccc(S(=O)(=O)N2CCCC2C(=O)Nc2nc3c(C)cccc3s2)cc1OC. The van der Waals surface area contributed by atoms with Crippen molar-refractivity contribution in [3.63, 3.8) is 0 Å². The van der Waals surface area contributed by atoms with Crippen LogP contribution in [-0.4, -0.2) is 50.4 Å². The minimum atomic E-state index is -3.89. The Labute approximate surface area is 184 Å². The first kappa shape index (κ1) is 21.5. The number of benzene rings is 2. The molecule has 10 heteroatoms. The summed E-state index contributed by atoms with van der Waals surface area (Å²) in [5, 5.41) is 3.28. The lowest BCUT2D eigenvalue weighted by Crippen LogP contribution is -2.43. The monoisotopic (exact) mass is 461 g/mol. The number of ether oxygens (including phenoxy) is 2. The number of para-hydroxylation sites is 1. The number of nitrogens with zero attached hydrogens (tertiary/aromatic N) is 2. The van der Waals surface area contributed by atoms with Crippen molar-refractivity contribution in [3.8, 4) is 11.5 Å². The summed E-state index contributed by atoms with van der Waals surface area (Å²) in [4.78, 5) is 17.5. The molecule has 2 aromatic carbocycles. The lowest BCUT2D eigenvalue weighted by atomic mass is 10.2. The van der Waals surface area contributed by atoms with Crippen LogP contribution in [0.25, 0.3) is 10.2 Å². The van der Waals surface area contributed by atoms with Crippen molar-refractivity contribution in [3.05, 3.63) is 42.0 Å². The zero-order valence-corrected chi connectivity index (χ0v) is 19.0. The van der Waals surface area contributed by atoms with E-state index in [1.165, 1.54) is 42.0 Å². The van der Waals surface area contributed by atoms with Crippen LogP contribution in [0.2, 0.25) is 0 Å². The molecule has 3 aromatic rings. The number of nitrogens with one attached hydrogen (secondary N) is 1. The van der Waals surface area contributed by atoms with Gasteiger partial charge in [-0.2, -0.15) is 4.31 Å². The second-order valence-corrected chi connectivity index (χ2v) is 10.1. The number of methoxy groups -OCH3 is 2. The summed E-state index contributed by atoms with van der Waals surface area (Å²) in [5.41, 5.74) is 1.86. The molecule has 1 fully saturated rings. The third kappa shape index (κ3) is 3.98. The molecule has 31 heavy (non-hydrogen) atoms. The van der Waals surface area contributed by atoms with Crippen molar-refractivity contribution in [2.45, 2.75) is 30.7 Å². The number of hydrogen-bond acceptors (Lipinski definition) is 7. The van der Waals surface area contributed by atoms with Crippen molar-refractivity contribution in [2.24, 2.45) is 0 Å². The first-order chi connectivity index (χ1) is 14.8. The van der Waals surface area contributed by atoms with Crippen LogP contribution in [0.15, 0.2) is 41.3 Å². The summed E-state index contributed by atoms with van der Waals surface area (Å²) >= 11 is 1.37. The van der Waals surface area contributed by atoms with E-state index in [-0.39, 0.29) is 17.3 Å². The van der Waals surface area contributed by atoms with Crippen molar-refractivity contribution in [1.82, 2.24) is 9.29 Å². The number of aromatic nitrogens is 1. The Morgan fingerprint density at radius 2 is 1.97 bits per heavy atom. The Kier molecular flexibility index (Phi) is 5.87. The van der Waals surface area contributed by atoms with E-state index in [1.807, 2.05) is 25.1 Å². The van der Waals surface area contributed by atoms with Crippen molar-refractivity contribution >= 4 is 42.6 Å². The summed E-state index contributed by atoms with van der Waals surface area (Å²) in [6, 6.07) is 9.46. The molecule has 1 aliphatic rings. The molecule has 1 amide bonds. The number of hydrogen-bond donors (Lipinski definition) is 1. The number of thiazole rings is 1.